The molecule has 0 N–H and O–H groups in total. The topological polar surface area (TPSA) is 17.1 Å². The standard InChI is InChI=1S/C19H22F2NO/c20-15-6-17(21)16-1-2-22(11-23,18(16)7-15)19-8-12-3-13(9-19)5-14(4-12)10-19/h6-7,11-14H,1-5,8-10H2/q+1. The molecule has 122 valence electrons. The summed E-state index contributed by atoms with van der Waals surface area (Å²) < 4.78 is 28.3. The Balaban J connectivity index is 1.69. The van der Waals surface area contributed by atoms with Gasteiger partial charge in [-0.1, -0.05) is 0 Å². The van der Waals surface area contributed by atoms with Crippen LogP contribution in [0.4, 0.5) is 14.5 Å². The Labute approximate surface area is 135 Å². The molecule has 0 spiro atoms. The molecule has 0 radical (unpaired) electrons. The number of fused-ring (bicyclic) bond motifs is 1. The molecule has 1 aromatic carbocycles. The summed E-state index contributed by atoms with van der Waals surface area (Å²) in [5, 5.41) is 0. The van der Waals surface area contributed by atoms with Crippen LogP contribution in [0, 0.1) is 29.4 Å². The Morgan fingerprint density at radius 3 is 2.22 bits per heavy atom. The maximum Gasteiger partial charge on any atom is 0.307 e. The molecule has 4 fully saturated rings. The molecule has 1 heterocycles. The van der Waals surface area contributed by atoms with E-state index in [1.807, 2.05) is 0 Å². The molecule has 1 unspecified atom stereocenters. The molecule has 6 rings (SSSR count). The summed E-state index contributed by atoms with van der Waals surface area (Å²) in [6, 6.07) is 2.39. The van der Waals surface area contributed by atoms with Gasteiger partial charge in [0.2, 0.25) is 0 Å². The van der Waals surface area contributed by atoms with Gasteiger partial charge in [-0.05, 0) is 37.0 Å². The van der Waals surface area contributed by atoms with Crippen LogP contribution >= 0.6 is 0 Å². The van der Waals surface area contributed by atoms with Gasteiger partial charge in [0.05, 0.1) is 12.1 Å². The molecule has 4 heteroatoms. The Bertz CT molecular complexity index is 666. The van der Waals surface area contributed by atoms with Crippen LogP contribution in [0.5, 0.6) is 0 Å². The zero-order chi connectivity index (χ0) is 15.8. The summed E-state index contributed by atoms with van der Waals surface area (Å²) in [4.78, 5) is 12.4. The SMILES string of the molecule is O=C[N+]1(C23CC4CC(CC(C4)C2)C3)CCc2c(F)cc(F)cc21. The summed E-state index contributed by atoms with van der Waals surface area (Å²) in [7, 11) is 0. The van der Waals surface area contributed by atoms with E-state index in [-0.39, 0.29) is 10.0 Å². The lowest BCUT2D eigenvalue weighted by atomic mass is 9.52. The van der Waals surface area contributed by atoms with E-state index in [4.69, 9.17) is 0 Å². The first kappa shape index (κ1) is 14.1. The summed E-state index contributed by atoms with van der Waals surface area (Å²) in [6.07, 6.45) is 8.59. The second-order valence-corrected chi connectivity index (χ2v) is 8.48. The molecule has 1 amide bonds. The van der Waals surface area contributed by atoms with Gasteiger partial charge in [-0.25, -0.2) is 18.1 Å². The molecule has 4 saturated carbocycles. The van der Waals surface area contributed by atoms with E-state index in [2.05, 4.69) is 0 Å². The van der Waals surface area contributed by atoms with Crippen molar-refractivity contribution < 1.29 is 13.6 Å². The minimum Gasteiger partial charge on any atom is -0.233 e. The fraction of sp³-hybridized carbons (Fsp3) is 0.632. The molecular formula is C19H22F2NO+. The van der Waals surface area contributed by atoms with Gasteiger partial charge in [0.25, 0.3) is 0 Å². The summed E-state index contributed by atoms with van der Waals surface area (Å²) >= 11 is 0. The van der Waals surface area contributed by atoms with Gasteiger partial charge >= 0.3 is 6.41 Å². The van der Waals surface area contributed by atoms with Gasteiger partial charge in [-0.3, -0.25) is 0 Å². The fourth-order valence-corrected chi connectivity index (χ4v) is 6.87. The molecule has 4 aliphatic carbocycles. The number of quaternary nitrogens is 1. The van der Waals surface area contributed by atoms with Crippen molar-refractivity contribution in [2.24, 2.45) is 17.8 Å². The van der Waals surface area contributed by atoms with Crippen LogP contribution in [0.3, 0.4) is 0 Å². The van der Waals surface area contributed by atoms with E-state index in [0.29, 0.717) is 42.0 Å². The van der Waals surface area contributed by atoms with Crippen LogP contribution in [0.25, 0.3) is 0 Å². The largest absolute Gasteiger partial charge is 0.307 e. The summed E-state index contributed by atoms with van der Waals surface area (Å²) in [5.74, 6) is 1.08. The van der Waals surface area contributed by atoms with E-state index in [0.717, 1.165) is 31.7 Å². The highest BCUT2D eigenvalue weighted by Crippen LogP contribution is 2.61. The number of hydrogen-bond acceptors (Lipinski definition) is 1. The lowest BCUT2D eigenvalue weighted by molar-refractivity contribution is -0.134. The predicted molar refractivity (Wildman–Crippen MR) is 83.7 cm³/mol. The molecule has 1 aromatic rings. The maximum absolute atomic E-state index is 14.2. The van der Waals surface area contributed by atoms with Crippen molar-refractivity contribution in [3.63, 3.8) is 0 Å². The zero-order valence-electron chi connectivity index (χ0n) is 13.2. The number of carbonyl (C=O) groups excluding carboxylic acids is 1. The molecule has 2 nitrogen and oxygen atoms in total. The van der Waals surface area contributed by atoms with E-state index in [9.17, 15) is 13.6 Å². The number of benzene rings is 1. The fourth-order valence-electron chi connectivity index (χ4n) is 6.87. The van der Waals surface area contributed by atoms with Crippen LogP contribution in [-0.2, 0) is 11.2 Å². The van der Waals surface area contributed by atoms with Gasteiger partial charge < -0.3 is 0 Å². The first-order chi connectivity index (χ1) is 11.1. The third-order valence-electron chi connectivity index (χ3n) is 7.31. The lowest BCUT2D eigenvalue weighted by Gasteiger charge is -2.60. The summed E-state index contributed by atoms with van der Waals surface area (Å²) in [5.41, 5.74) is 1.07. The van der Waals surface area contributed by atoms with Crippen molar-refractivity contribution in [3.8, 4) is 0 Å². The Morgan fingerprint density at radius 1 is 1.04 bits per heavy atom. The minimum atomic E-state index is -0.558. The third kappa shape index (κ3) is 1.68. The van der Waals surface area contributed by atoms with Crippen LogP contribution in [0.1, 0.15) is 44.1 Å². The van der Waals surface area contributed by atoms with E-state index in [1.165, 1.54) is 25.3 Å². The highest BCUT2D eigenvalue weighted by molar-refractivity contribution is 5.76. The van der Waals surface area contributed by atoms with E-state index < -0.39 is 11.6 Å². The first-order valence-electron chi connectivity index (χ1n) is 8.88. The molecule has 0 aromatic heterocycles. The monoisotopic (exact) mass is 318 g/mol. The number of amides is 1. The molecular weight excluding hydrogens is 296 g/mol. The number of hydrogen-bond donors (Lipinski definition) is 0. The van der Waals surface area contributed by atoms with Crippen molar-refractivity contribution in [3.05, 3.63) is 29.3 Å². The molecule has 1 atom stereocenters. The molecule has 5 aliphatic rings. The molecule has 23 heavy (non-hydrogen) atoms. The number of carbonyl (C=O) groups is 1. The van der Waals surface area contributed by atoms with Crippen molar-refractivity contribution in [2.45, 2.75) is 50.5 Å². The smallest absolute Gasteiger partial charge is 0.233 e. The third-order valence-corrected chi connectivity index (χ3v) is 7.31. The number of halogens is 2. The maximum atomic E-state index is 14.2. The quantitative estimate of drug-likeness (QED) is 0.596. The average Bonchev–Trinajstić information content (AvgIpc) is 2.86. The van der Waals surface area contributed by atoms with Crippen molar-refractivity contribution in [1.29, 1.82) is 0 Å². The molecule has 1 aliphatic heterocycles. The zero-order valence-corrected chi connectivity index (χ0v) is 13.2. The van der Waals surface area contributed by atoms with Crippen LogP contribution in [-0.4, -0.2) is 18.5 Å². The molecule has 4 bridgehead atoms. The van der Waals surface area contributed by atoms with Crippen LogP contribution in [0.15, 0.2) is 12.1 Å². The highest BCUT2D eigenvalue weighted by atomic mass is 19.1. The average molecular weight is 318 g/mol. The minimum absolute atomic E-state index is 0.109. The first-order valence-corrected chi connectivity index (χ1v) is 8.88. The highest BCUT2D eigenvalue weighted by Gasteiger charge is 2.64. The van der Waals surface area contributed by atoms with Crippen molar-refractivity contribution in [1.82, 2.24) is 4.48 Å². The lowest BCUT2D eigenvalue weighted by Crippen LogP contribution is -2.70. The van der Waals surface area contributed by atoms with Gasteiger partial charge in [0.15, 0.2) is 0 Å². The van der Waals surface area contributed by atoms with E-state index in [1.54, 1.807) is 0 Å². The van der Waals surface area contributed by atoms with Gasteiger partial charge in [-0.15, -0.1) is 0 Å². The Kier molecular flexibility index (Phi) is 2.70. The second kappa shape index (κ2) is 4.41. The van der Waals surface area contributed by atoms with Crippen molar-refractivity contribution in [2.75, 3.05) is 6.54 Å². The number of nitrogens with zero attached hydrogens (tertiary/aromatic N) is 1. The van der Waals surface area contributed by atoms with Crippen molar-refractivity contribution >= 4 is 12.1 Å². The number of rotatable bonds is 2. The van der Waals surface area contributed by atoms with Gasteiger partial charge in [0.1, 0.15) is 22.9 Å². The van der Waals surface area contributed by atoms with E-state index >= 15 is 0 Å². The van der Waals surface area contributed by atoms with Crippen LogP contribution in [0.2, 0.25) is 0 Å². The second-order valence-electron chi connectivity index (χ2n) is 8.48. The molecule has 0 saturated heterocycles. The normalized spacial score (nSPS) is 43.7. The Morgan fingerprint density at radius 2 is 1.65 bits per heavy atom. The summed E-state index contributed by atoms with van der Waals surface area (Å²) in [6.45, 7) is 0.603. The Hall–Kier alpha value is -1.29. The predicted octanol–water partition coefficient (Wildman–Crippen LogP) is 3.95. The van der Waals surface area contributed by atoms with Crippen LogP contribution < -0.4 is 4.48 Å². The van der Waals surface area contributed by atoms with Gasteiger partial charge in [-0.2, -0.15) is 0 Å². The van der Waals surface area contributed by atoms with Gasteiger partial charge in [0, 0.05) is 37.8 Å².